The Labute approximate surface area is 148 Å². The third kappa shape index (κ3) is 3.73. The minimum absolute atomic E-state index is 0.0131. The van der Waals surface area contributed by atoms with E-state index in [0.717, 1.165) is 35.4 Å². The monoisotopic (exact) mass is 343 g/mol. The Morgan fingerprint density at radius 1 is 1.25 bits per heavy atom. The van der Waals surface area contributed by atoms with Gasteiger partial charge in [-0.25, -0.2) is 0 Å². The van der Waals surface area contributed by atoms with Crippen LogP contribution in [0, 0.1) is 13.8 Å². The zero-order chi connectivity index (χ0) is 17.1. The molecule has 24 heavy (non-hydrogen) atoms. The van der Waals surface area contributed by atoms with Crippen LogP contribution in [-0.2, 0) is 11.2 Å². The summed E-state index contributed by atoms with van der Waals surface area (Å²) < 4.78 is 5.64. The van der Waals surface area contributed by atoms with Gasteiger partial charge in [-0.3, -0.25) is 4.79 Å². The summed E-state index contributed by atoms with van der Waals surface area (Å²) in [4.78, 5) is 12.3. The largest absolute Gasteiger partial charge is 0.484 e. The molecule has 4 heteroatoms. The number of rotatable bonds is 4. The second-order valence-corrected chi connectivity index (χ2v) is 6.75. The summed E-state index contributed by atoms with van der Waals surface area (Å²) >= 11 is 6.15. The van der Waals surface area contributed by atoms with E-state index in [9.17, 15) is 4.79 Å². The molecule has 1 atom stereocenters. The molecule has 3 nitrogen and oxygen atoms in total. The maximum atomic E-state index is 12.3. The van der Waals surface area contributed by atoms with Gasteiger partial charge in [-0.15, -0.1) is 0 Å². The van der Waals surface area contributed by atoms with Crippen molar-refractivity contribution in [1.82, 2.24) is 5.32 Å². The molecule has 2 aromatic rings. The van der Waals surface area contributed by atoms with Gasteiger partial charge >= 0.3 is 0 Å². The van der Waals surface area contributed by atoms with Crippen molar-refractivity contribution < 1.29 is 9.53 Å². The molecule has 0 fully saturated rings. The number of benzene rings is 2. The van der Waals surface area contributed by atoms with Gasteiger partial charge in [-0.05, 0) is 67.5 Å². The number of hydrogen-bond acceptors (Lipinski definition) is 2. The molecule has 0 radical (unpaired) electrons. The Hall–Kier alpha value is -2.00. The molecule has 0 spiro atoms. The van der Waals surface area contributed by atoms with E-state index in [1.807, 2.05) is 32.0 Å². The average Bonchev–Trinajstić information content (AvgIpc) is 2.58. The van der Waals surface area contributed by atoms with E-state index in [2.05, 4.69) is 23.5 Å². The van der Waals surface area contributed by atoms with E-state index >= 15 is 0 Å². The lowest BCUT2D eigenvalue weighted by atomic mass is 9.88. The molecule has 1 aliphatic rings. The van der Waals surface area contributed by atoms with Gasteiger partial charge in [0.2, 0.25) is 0 Å². The second-order valence-electron chi connectivity index (χ2n) is 6.37. The highest BCUT2D eigenvalue weighted by Gasteiger charge is 2.21. The molecular weight excluding hydrogens is 322 g/mol. The summed E-state index contributed by atoms with van der Waals surface area (Å²) in [6.07, 6.45) is 3.16. The van der Waals surface area contributed by atoms with Crippen LogP contribution in [0.1, 0.15) is 41.1 Å². The maximum absolute atomic E-state index is 12.3. The Morgan fingerprint density at radius 3 is 2.71 bits per heavy atom. The van der Waals surface area contributed by atoms with Crippen molar-refractivity contribution in [3.8, 4) is 5.75 Å². The van der Waals surface area contributed by atoms with Crippen molar-refractivity contribution in [2.24, 2.45) is 0 Å². The molecule has 0 aromatic heterocycles. The van der Waals surface area contributed by atoms with Crippen molar-refractivity contribution in [2.75, 3.05) is 6.61 Å². The summed E-state index contributed by atoms with van der Waals surface area (Å²) in [5.41, 5.74) is 4.47. The molecule has 1 amide bonds. The van der Waals surface area contributed by atoms with Crippen LogP contribution in [0.15, 0.2) is 36.4 Å². The molecule has 0 saturated heterocycles. The smallest absolute Gasteiger partial charge is 0.258 e. The molecule has 2 aromatic carbocycles. The van der Waals surface area contributed by atoms with Crippen LogP contribution in [0.5, 0.6) is 5.75 Å². The number of aryl methyl sites for hydroxylation is 3. The fourth-order valence-corrected chi connectivity index (χ4v) is 3.39. The summed E-state index contributed by atoms with van der Waals surface area (Å²) in [5, 5.41) is 3.84. The molecule has 126 valence electrons. The second kappa shape index (κ2) is 7.27. The zero-order valence-electron chi connectivity index (χ0n) is 14.1. The van der Waals surface area contributed by atoms with Crippen LogP contribution >= 0.6 is 11.6 Å². The zero-order valence-corrected chi connectivity index (χ0v) is 14.8. The third-order valence-electron chi connectivity index (χ3n) is 4.48. The molecular formula is C20H22ClNO2. The third-order valence-corrected chi connectivity index (χ3v) is 5.08. The summed E-state index contributed by atoms with van der Waals surface area (Å²) in [6.45, 7) is 3.88. The fourth-order valence-electron chi connectivity index (χ4n) is 3.28. The quantitative estimate of drug-likeness (QED) is 0.885. The normalized spacial score (nSPS) is 16.4. The van der Waals surface area contributed by atoms with Gasteiger partial charge in [0.05, 0.1) is 6.04 Å². The molecule has 0 unspecified atom stereocenters. The Bertz CT molecular complexity index is 734. The van der Waals surface area contributed by atoms with Crippen molar-refractivity contribution in [1.29, 1.82) is 0 Å². The van der Waals surface area contributed by atoms with Crippen LogP contribution < -0.4 is 10.1 Å². The van der Waals surface area contributed by atoms with Gasteiger partial charge in [0.25, 0.3) is 5.91 Å². The maximum Gasteiger partial charge on any atom is 0.258 e. The van der Waals surface area contributed by atoms with Crippen LogP contribution in [-0.4, -0.2) is 12.5 Å². The first-order chi connectivity index (χ1) is 11.5. The van der Waals surface area contributed by atoms with Crippen molar-refractivity contribution >= 4 is 17.5 Å². The number of hydrogen-bond donors (Lipinski definition) is 1. The highest BCUT2D eigenvalue weighted by molar-refractivity contribution is 6.32. The van der Waals surface area contributed by atoms with Crippen LogP contribution in [0.3, 0.4) is 0 Å². The lowest BCUT2D eigenvalue weighted by Gasteiger charge is -2.26. The van der Waals surface area contributed by atoms with Gasteiger partial charge in [-0.2, -0.15) is 0 Å². The Morgan fingerprint density at radius 2 is 1.96 bits per heavy atom. The Kier molecular flexibility index (Phi) is 5.10. The van der Waals surface area contributed by atoms with E-state index in [-0.39, 0.29) is 18.6 Å². The molecule has 0 aliphatic heterocycles. The van der Waals surface area contributed by atoms with Gasteiger partial charge in [0, 0.05) is 5.02 Å². The first-order valence-electron chi connectivity index (χ1n) is 8.31. The fraction of sp³-hybridized carbons (Fsp3) is 0.350. The van der Waals surface area contributed by atoms with Crippen molar-refractivity contribution in [2.45, 2.75) is 39.2 Å². The van der Waals surface area contributed by atoms with Gasteiger partial charge in [-0.1, -0.05) is 35.9 Å². The number of fused-ring (bicyclic) bond motifs is 1. The summed E-state index contributed by atoms with van der Waals surface area (Å²) in [7, 11) is 0. The van der Waals surface area contributed by atoms with Gasteiger partial charge < -0.3 is 10.1 Å². The SMILES string of the molecule is Cc1cc(OCC(=O)N[C@@H]2CCCc3ccccc32)cc(C)c1Cl. The molecule has 0 saturated carbocycles. The van der Waals surface area contributed by atoms with Crippen molar-refractivity contribution in [3.63, 3.8) is 0 Å². The first-order valence-corrected chi connectivity index (χ1v) is 8.69. The van der Waals surface area contributed by atoms with Gasteiger partial charge in [0.15, 0.2) is 6.61 Å². The lowest BCUT2D eigenvalue weighted by Crippen LogP contribution is -2.34. The van der Waals surface area contributed by atoms with Crippen LogP contribution in [0.2, 0.25) is 5.02 Å². The van der Waals surface area contributed by atoms with E-state index in [1.54, 1.807) is 0 Å². The van der Waals surface area contributed by atoms with E-state index in [0.29, 0.717) is 5.75 Å². The number of ether oxygens (including phenoxy) is 1. The molecule has 0 bridgehead atoms. The molecule has 3 rings (SSSR count). The average molecular weight is 344 g/mol. The van der Waals surface area contributed by atoms with E-state index < -0.39 is 0 Å². The predicted molar refractivity (Wildman–Crippen MR) is 96.7 cm³/mol. The topological polar surface area (TPSA) is 38.3 Å². The van der Waals surface area contributed by atoms with Crippen LogP contribution in [0.25, 0.3) is 0 Å². The first kappa shape index (κ1) is 16.8. The summed E-state index contributed by atoms with van der Waals surface area (Å²) in [5.74, 6) is 0.579. The minimum Gasteiger partial charge on any atom is -0.484 e. The van der Waals surface area contributed by atoms with Gasteiger partial charge in [0.1, 0.15) is 5.75 Å². The number of amides is 1. The van der Waals surface area contributed by atoms with E-state index in [1.165, 1.54) is 11.1 Å². The molecule has 0 heterocycles. The standard InChI is InChI=1S/C20H22ClNO2/c1-13-10-16(11-14(2)20(13)21)24-12-19(23)22-18-9-5-7-15-6-3-4-8-17(15)18/h3-4,6,8,10-11,18H,5,7,9,12H2,1-2H3,(H,22,23)/t18-/m1/s1. The van der Waals surface area contributed by atoms with E-state index in [4.69, 9.17) is 16.3 Å². The number of carbonyl (C=O) groups excluding carboxylic acids is 1. The lowest BCUT2D eigenvalue weighted by molar-refractivity contribution is -0.123. The Balaban J connectivity index is 1.61. The van der Waals surface area contributed by atoms with Crippen molar-refractivity contribution in [3.05, 3.63) is 63.7 Å². The highest BCUT2D eigenvalue weighted by atomic mass is 35.5. The number of carbonyl (C=O) groups is 1. The molecule has 1 aliphatic carbocycles. The minimum atomic E-state index is -0.0954. The number of nitrogens with one attached hydrogen (secondary N) is 1. The highest BCUT2D eigenvalue weighted by Crippen LogP contribution is 2.29. The molecule has 1 N–H and O–H groups in total. The predicted octanol–water partition coefficient (Wildman–Crippen LogP) is 4.53. The van der Waals surface area contributed by atoms with Crippen LogP contribution in [0.4, 0.5) is 0 Å². The summed E-state index contributed by atoms with van der Waals surface area (Å²) in [6, 6.07) is 12.1. The number of halogens is 1.